The van der Waals surface area contributed by atoms with Crippen molar-refractivity contribution >= 4 is 26.1 Å². The van der Waals surface area contributed by atoms with Crippen molar-refractivity contribution in [2.45, 2.75) is 84.0 Å². The average Bonchev–Trinajstić information content (AvgIpc) is 3.35. The highest BCUT2D eigenvalue weighted by molar-refractivity contribution is 7.27. The molecular formula is C34H47N2O3P. The van der Waals surface area contributed by atoms with Crippen molar-refractivity contribution in [3.63, 3.8) is 0 Å². The van der Waals surface area contributed by atoms with E-state index in [0.29, 0.717) is 44.0 Å². The molecule has 0 aromatic heterocycles. The molecule has 0 spiro atoms. The number of carbonyl (C=O) groups is 2. The summed E-state index contributed by atoms with van der Waals surface area (Å²) >= 11 is 0. The second-order valence-electron chi connectivity index (χ2n) is 11.5. The molecule has 0 amide bonds. The van der Waals surface area contributed by atoms with Gasteiger partial charge in [-0.05, 0) is 86.3 Å². The topological polar surface area (TPSA) is 70.4 Å². The zero-order chi connectivity index (χ0) is 28.6. The second-order valence-corrected chi connectivity index (χ2v) is 12.2. The lowest BCUT2D eigenvalue weighted by Crippen LogP contribution is -2.30. The van der Waals surface area contributed by atoms with Gasteiger partial charge in [0, 0.05) is 44.3 Å². The summed E-state index contributed by atoms with van der Waals surface area (Å²) in [7, 11) is 2.64. The molecule has 3 atom stereocenters. The molecule has 0 N–H and O–H groups in total. The van der Waals surface area contributed by atoms with Gasteiger partial charge in [0.15, 0.2) is 5.78 Å². The quantitative estimate of drug-likeness (QED) is 0.105. The number of benzene rings is 2. The van der Waals surface area contributed by atoms with Crippen LogP contribution in [-0.4, -0.2) is 42.7 Å². The van der Waals surface area contributed by atoms with E-state index in [0.717, 1.165) is 87.1 Å². The number of nitrogens with zero attached hydrogens (tertiary/aromatic N) is 2. The molecule has 40 heavy (non-hydrogen) atoms. The van der Waals surface area contributed by atoms with Gasteiger partial charge in [-0.1, -0.05) is 49.7 Å². The van der Waals surface area contributed by atoms with Crippen molar-refractivity contribution in [1.29, 1.82) is 5.26 Å². The molecule has 1 saturated heterocycles. The maximum absolute atomic E-state index is 13.0. The van der Waals surface area contributed by atoms with E-state index < -0.39 is 0 Å². The molecule has 0 saturated carbocycles. The Kier molecular flexibility index (Phi) is 14.4. The Labute approximate surface area is 243 Å². The third kappa shape index (κ3) is 12.3. The number of hydrogen-bond acceptors (Lipinski definition) is 5. The summed E-state index contributed by atoms with van der Waals surface area (Å²) in [6.07, 6.45) is 10.0. The zero-order valence-electron chi connectivity index (χ0n) is 24.3. The zero-order valence-corrected chi connectivity index (χ0v) is 25.4. The van der Waals surface area contributed by atoms with Gasteiger partial charge in [-0.2, -0.15) is 5.26 Å². The fourth-order valence-electron chi connectivity index (χ4n) is 5.51. The SMILES string of the molecule is CC1CCN(CC(CC(=O)CCCCCC(=O)c2ccc(P)cc2)Cc2ccc(OCCCCCC#N)cc2)C1. The third-order valence-electron chi connectivity index (χ3n) is 7.78. The summed E-state index contributed by atoms with van der Waals surface area (Å²) < 4.78 is 5.87. The Hall–Kier alpha value is -2.54. The van der Waals surface area contributed by atoms with E-state index in [-0.39, 0.29) is 5.78 Å². The van der Waals surface area contributed by atoms with Crippen LogP contribution in [0.3, 0.4) is 0 Å². The second kappa shape index (κ2) is 18.0. The van der Waals surface area contributed by atoms with Crippen molar-refractivity contribution in [2.75, 3.05) is 26.2 Å². The normalized spacial score (nSPS) is 16.0. The van der Waals surface area contributed by atoms with Crippen LogP contribution in [0.15, 0.2) is 48.5 Å². The molecule has 0 bridgehead atoms. The van der Waals surface area contributed by atoms with Crippen LogP contribution in [0.1, 0.15) is 93.5 Å². The molecule has 0 aliphatic carbocycles. The van der Waals surface area contributed by atoms with E-state index in [1.54, 1.807) is 0 Å². The van der Waals surface area contributed by atoms with E-state index >= 15 is 0 Å². The number of likely N-dealkylation sites (tertiary alicyclic amines) is 1. The highest BCUT2D eigenvalue weighted by Gasteiger charge is 2.23. The minimum atomic E-state index is 0.184. The van der Waals surface area contributed by atoms with Gasteiger partial charge in [0.25, 0.3) is 0 Å². The first-order valence-electron chi connectivity index (χ1n) is 15.1. The van der Waals surface area contributed by atoms with Gasteiger partial charge < -0.3 is 9.64 Å². The number of carbonyl (C=O) groups excluding carboxylic acids is 2. The molecule has 1 heterocycles. The number of Topliss-reactive ketones (excluding diaryl/α,β-unsaturated/α-hetero) is 2. The molecule has 1 aliphatic rings. The highest BCUT2D eigenvalue weighted by atomic mass is 31.0. The molecule has 2 aromatic carbocycles. The highest BCUT2D eigenvalue weighted by Crippen LogP contribution is 2.23. The Morgan fingerprint density at radius 3 is 2.42 bits per heavy atom. The largest absolute Gasteiger partial charge is 0.494 e. The standard InChI is InChI=1S/C34H47N2O3P/c1-27-19-21-36(25-27)26-29(23-28-11-15-32(16-12-28)39-22-8-3-2-7-20-35)24-31(37)9-5-4-6-10-34(38)30-13-17-33(40)18-14-30/h11-18,27,29H,2-10,19,21-26,40H2,1H3. The van der Waals surface area contributed by atoms with Gasteiger partial charge >= 0.3 is 0 Å². The lowest BCUT2D eigenvalue weighted by atomic mass is 9.92. The maximum atomic E-state index is 13.0. The van der Waals surface area contributed by atoms with Crippen LogP contribution in [0.2, 0.25) is 0 Å². The Bertz CT molecular complexity index is 1080. The van der Waals surface area contributed by atoms with Crippen LogP contribution in [0.5, 0.6) is 5.75 Å². The van der Waals surface area contributed by atoms with Crippen LogP contribution >= 0.6 is 9.24 Å². The number of rotatable bonds is 19. The third-order valence-corrected chi connectivity index (χ3v) is 8.17. The number of unbranched alkanes of at least 4 members (excludes halogenated alkanes) is 5. The molecule has 5 nitrogen and oxygen atoms in total. The van der Waals surface area contributed by atoms with Crippen molar-refractivity contribution in [2.24, 2.45) is 11.8 Å². The first-order chi connectivity index (χ1) is 19.4. The molecule has 3 rings (SSSR count). The lowest BCUT2D eigenvalue weighted by Gasteiger charge is -2.23. The molecule has 216 valence electrons. The molecule has 6 heteroatoms. The fraction of sp³-hybridized carbons (Fsp3) is 0.559. The van der Waals surface area contributed by atoms with Gasteiger partial charge in [-0.15, -0.1) is 9.24 Å². The molecule has 3 unspecified atom stereocenters. The fourth-order valence-corrected chi connectivity index (χ4v) is 5.70. The van der Waals surface area contributed by atoms with Gasteiger partial charge in [0.05, 0.1) is 12.7 Å². The van der Waals surface area contributed by atoms with Gasteiger partial charge in [-0.3, -0.25) is 9.59 Å². The van der Waals surface area contributed by atoms with E-state index in [1.165, 1.54) is 12.0 Å². The predicted octanol–water partition coefficient (Wildman–Crippen LogP) is 6.94. The van der Waals surface area contributed by atoms with E-state index in [9.17, 15) is 9.59 Å². The first-order valence-corrected chi connectivity index (χ1v) is 15.7. The molecule has 1 aliphatic heterocycles. The molecule has 0 radical (unpaired) electrons. The number of ether oxygens (including phenoxy) is 1. The van der Waals surface area contributed by atoms with Gasteiger partial charge in [0.2, 0.25) is 0 Å². The van der Waals surface area contributed by atoms with Crippen LogP contribution < -0.4 is 10.0 Å². The smallest absolute Gasteiger partial charge is 0.162 e. The van der Waals surface area contributed by atoms with Crippen molar-refractivity contribution in [3.05, 3.63) is 59.7 Å². The van der Waals surface area contributed by atoms with Crippen LogP contribution in [0, 0.1) is 23.2 Å². The average molecular weight is 563 g/mol. The van der Waals surface area contributed by atoms with Crippen molar-refractivity contribution in [3.8, 4) is 11.8 Å². The predicted molar refractivity (Wildman–Crippen MR) is 166 cm³/mol. The Balaban J connectivity index is 1.41. The molecule has 1 fully saturated rings. The van der Waals surface area contributed by atoms with Gasteiger partial charge in [-0.25, -0.2) is 0 Å². The van der Waals surface area contributed by atoms with E-state index in [2.05, 4.69) is 39.3 Å². The number of hydrogen-bond donors (Lipinski definition) is 0. The Morgan fingerprint density at radius 1 is 1.00 bits per heavy atom. The molecule has 2 aromatic rings. The number of ketones is 2. The minimum Gasteiger partial charge on any atom is -0.494 e. The summed E-state index contributed by atoms with van der Waals surface area (Å²) in [5.74, 6) is 2.45. The van der Waals surface area contributed by atoms with Crippen LogP contribution in [0.25, 0.3) is 0 Å². The molecular weight excluding hydrogens is 515 g/mol. The Morgan fingerprint density at radius 2 is 1.73 bits per heavy atom. The summed E-state index contributed by atoms with van der Waals surface area (Å²) in [6, 6.07) is 18.2. The van der Waals surface area contributed by atoms with Crippen LogP contribution in [-0.2, 0) is 11.2 Å². The summed E-state index contributed by atoms with van der Waals surface area (Å²) in [5, 5.41) is 9.71. The van der Waals surface area contributed by atoms with Crippen molar-refractivity contribution in [1.82, 2.24) is 4.90 Å². The number of nitriles is 1. The van der Waals surface area contributed by atoms with Crippen LogP contribution in [0.4, 0.5) is 0 Å². The first kappa shape index (κ1) is 32.0. The van der Waals surface area contributed by atoms with Gasteiger partial charge in [0.1, 0.15) is 11.5 Å². The van der Waals surface area contributed by atoms with E-state index in [4.69, 9.17) is 10.00 Å². The minimum absolute atomic E-state index is 0.184. The monoisotopic (exact) mass is 562 g/mol. The summed E-state index contributed by atoms with van der Waals surface area (Å²) in [4.78, 5) is 27.9. The summed E-state index contributed by atoms with van der Waals surface area (Å²) in [6.45, 7) is 6.21. The maximum Gasteiger partial charge on any atom is 0.162 e. The van der Waals surface area contributed by atoms with E-state index in [1.807, 2.05) is 36.4 Å². The summed E-state index contributed by atoms with van der Waals surface area (Å²) in [5.41, 5.74) is 2.02. The van der Waals surface area contributed by atoms with Crippen molar-refractivity contribution < 1.29 is 14.3 Å². The lowest BCUT2D eigenvalue weighted by molar-refractivity contribution is -0.120.